The first kappa shape index (κ1) is 18.1. The first-order valence-corrected chi connectivity index (χ1v) is 10.6. The lowest BCUT2D eigenvalue weighted by molar-refractivity contribution is -0.0441. The van der Waals surface area contributed by atoms with E-state index in [0.29, 0.717) is 24.2 Å². The van der Waals surface area contributed by atoms with Crippen molar-refractivity contribution in [2.75, 3.05) is 13.1 Å². The highest BCUT2D eigenvalue weighted by molar-refractivity contribution is 6.16. The Labute approximate surface area is 179 Å². The molecule has 0 saturated carbocycles. The predicted octanol–water partition coefficient (Wildman–Crippen LogP) is 4.69. The van der Waals surface area contributed by atoms with Crippen LogP contribution in [0.3, 0.4) is 0 Å². The molecule has 0 radical (unpaired) electrons. The van der Waals surface area contributed by atoms with Gasteiger partial charge in [0.25, 0.3) is 5.91 Å². The molecule has 4 aromatic rings. The van der Waals surface area contributed by atoms with Gasteiger partial charge in [-0.25, -0.2) is 9.78 Å². The average molecular weight is 408 g/mol. The molecule has 0 N–H and O–H groups in total. The summed E-state index contributed by atoms with van der Waals surface area (Å²) < 4.78 is 5.91. The normalized spacial score (nSPS) is 20.3. The van der Waals surface area contributed by atoms with Crippen molar-refractivity contribution in [2.24, 2.45) is 0 Å². The summed E-state index contributed by atoms with van der Waals surface area (Å²) in [4.78, 5) is 33.0. The van der Waals surface area contributed by atoms with Crippen LogP contribution in [0, 0.1) is 0 Å². The van der Waals surface area contributed by atoms with E-state index in [1.807, 2.05) is 71.6 Å². The fourth-order valence-corrected chi connectivity index (χ4v) is 5.07. The second kappa shape index (κ2) is 6.64. The number of likely N-dealkylation sites (tertiary alicyclic amines) is 1. The van der Waals surface area contributed by atoms with Crippen molar-refractivity contribution in [2.45, 2.75) is 18.4 Å². The van der Waals surface area contributed by atoms with E-state index in [4.69, 9.17) is 9.72 Å². The summed E-state index contributed by atoms with van der Waals surface area (Å²) in [5.41, 5.74) is 3.00. The molecule has 1 unspecified atom stereocenters. The van der Waals surface area contributed by atoms with E-state index in [-0.39, 0.29) is 11.9 Å². The Bertz CT molecular complexity index is 1330. The number of carbonyl (C=O) groups is 2. The molecule has 1 fully saturated rings. The number of hydrogen-bond donors (Lipinski definition) is 0. The van der Waals surface area contributed by atoms with Gasteiger partial charge in [0, 0.05) is 22.9 Å². The monoisotopic (exact) mass is 408 g/mol. The van der Waals surface area contributed by atoms with E-state index < -0.39 is 5.60 Å². The van der Waals surface area contributed by atoms with Gasteiger partial charge in [0.1, 0.15) is 0 Å². The van der Waals surface area contributed by atoms with Crippen LogP contribution >= 0.6 is 0 Å². The zero-order valence-electron chi connectivity index (χ0n) is 16.9. The van der Waals surface area contributed by atoms with Crippen molar-refractivity contribution >= 4 is 33.7 Å². The van der Waals surface area contributed by atoms with E-state index in [1.54, 1.807) is 6.07 Å². The Morgan fingerprint density at radius 3 is 2.29 bits per heavy atom. The van der Waals surface area contributed by atoms with Gasteiger partial charge in [-0.1, -0.05) is 54.6 Å². The minimum absolute atomic E-state index is 0.0469. The van der Waals surface area contributed by atoms with Gasteiger partial charge in [0.05, 0.1) is 28.7 Å². The third-order valence-electron chi connectivity index (χ3n) is 6.47. The van der Waals surface area contributed by atoms with Gasteiger partial charge in [0.2, 0.25) is 0 Å². The van der Waals surface area contributed by atoms with E-state index in [9.17, 15) is 9.59 Å². The topological polar surface area (TPSA) is 59.5 Å². The molecule has 152 valence electrons. The summed E-state index contributed by atoms with van der Waals surface area (Å²) in [5, 5.41) is 1.68. The second-order valence-corrected chi connectivity index (χ2v) is 8.28. The van der Waals surface area contributed by atoms with Crippen LogP contribution in [0.4, 0.5) is 0 Å². The van der Waals surface area contributed by atoms with Crippen molar-refractivity contribution in [3.8, 4) is 0 Å². The summed E-state index contributed by atoms with van der Waals surface area (Å²) in [6.45, 7) is 0.991. The van der Waals surface area contributed by atoms with E-state index >= 15 is 0 Å². The van der Waals surface area contributed by atoms with Gasteiger partial charge >= 0.3 is 5.97 Å². The Kier molecular flexibility index (Phi) is 3.87. The van der Waals surface area contributed by atoms with E-state index in [0.717, 1.165) is 40.2 Å². The molecule has 6 rings (SSSR count). The Balaban J connectivity index is 1.47. The van der Waals surface area contributed by atoms with Crippen molar-refractivity contribution in [1.29, 1.82) is 0 Å². The maximum atomic E-state index is 13.9. The number of benzene rings is 3. The summed E-state index contributed by atoms with van der Waals surface area (Å²) in [6.07, 6.45) is 1.49. The van der Waals surface area contributed by atoms with Crippen molar-refractivity contribution in [1.82, 2.24) is 9.88 Å². The number of amides is 1. The lowest BCUT2D eigenvalue weighted by Gasteiger charge is -2.39. The van der Waals surface area contributed by atoms with Gasteiger partial charge in [-0.15, -0.1) is 0 Å². The largest absolute Gasteiger partial charge is 0.449 e. The molecule has 1 atom stereocenters. The predicted molar refractivity (Wildman–Crippen MR) is 118 cm³/mol. The fraction of sp³-hybridized carbons (Fsp3) is 0.192. The van der Waals surface area contributed by atoms with Crippen LogP contribution in [-0.2, 0) is 10.3 Å². The number of esters is 1. The Morgan fingerprint density at radius 2 is 1.55 bits per heavy atom. The lowest BCUT2D eigenvalue weighted by atomic mass is 9.84. The smallest absolute Gasteiger partial charge is 0.339 e. The standard InChI is InChI=1S/C26H20N2O3/c29-24(23-18-9-2-5-12-21(18)27-22-13-6-3-10-19(22)23)28-15-7-14-26(16-28)20-11-4-1-8-17(20)25(30)31-26/h1-6,8-13H,7,14-16H2. The molecular formula is C26H20N2O3. The number of pyridine rings is 1. The third-order valence-corrected chi connectivity index (χ3v) is 6.47. The van der Waals surface area contributed by atoms with Crippen LogP contribution in [0.5, 0.6) is 0 Å². The molecule has 1 aromatic heterocycles. The summed E-state index contributed by atoms with van der Waals surface area (Å²) in [7, 11) is 0. The number of rotatable bonds is 1. The number of ether oxygens (including phenoxy) is 1. The zero-order chi connectivity index (χ0) is 21.0. The molecule has 2 aliphatic heterocycles. The minimum Gasteiger partial charge on any atom is -0.449 e. The minimum atomic E-state index is -0.764. The fourth-order valence-electron chi connectivity index (χ4n) is 5.07. The van der Waals surface area contributed by atoms with Crippen LogP contribution in [0.1, 0.15) is 39.1 Å². The quantitative estimate of drug-likeness (QED) is 0.339. The first-order valence-electron chi connectivity index (χ1n) is 10.6. The van der Waals surface area contributed by atoms with Crippen molar-refractivity contribution < 1.29 is 14.3 Å². The molecule has 2 aliphatic rings. The number of para-hydroxylation sites is 2. The number of aromatic nitrogens is 1. The van der Waals surface area contributed by atoms with Crippen LogP contribution in [0.2, 0.25) is 0 Å². The van der Waals surface area contributed by atoms with Crippen molar-refractivity contribution in [3.05, 3.63) is 89.5 Å². The van der Waals surface area contributed by atoms with Crippen LogP contribution < -0.4 is 0 Å². The Morgan fingerprint density at radius 1 is 0.903 bits per heavy atom. The lowest BCUT2D eigenvalue weighted by Crippen LogP contribution is -2.48. The van der Waals surface area contributed by atoms with Gasteiger partial charge < -0.3 is 9.64 Å². The number of fused-ring (bicyclic) bond motifs is 4. The molecule has 1 saturated heterocycles. The molecule has 0 aliphatic carbocycles. The summed E-state index contributed by atoms with van der Waals surface area (Å²) in [6, 6.07) is 23.0. The molecule has 1 spiro atoms. The van der Waals surface area contributed by atoms with Gasteiger partial charge in [-0.3, -0.25) is 4.79 Å². The molecule has 3 heterocycles. The highest BCUT2D eigenvalue weighted by Gasteiger charge is 2.49. The maximum absolute atomic E-state index is 13.9. The number of hydrogen-bond acceptors (Lipinski definition) is 4. The van der Waals surface area contributed by atoms with E-state index in [2.05, 4.69) is 0 Å². The van der Waals surface area contributed by atoms with Crippen LogP contribution in [0.15, 0.2) is 72.8 Å². The van der Waals surface area contributed by atoms with Gasteiger partial charge in [-0.2, -0.15) is 0 Å². The number of nitrogens with zero attached hydrogens (tertiary/aromatic N) is 2. The highest BCUT2D eigenvalue weighted by Crippen LogP contribution is 2.43. The molecule has 1 amide bonds. The number of carbonyl (C=O) groups excluding carboxylic acids is 2. The SMILES string of the molecule is O=C1OC2(CCCN(C(=O)c3c4ccccc4nc4ccccc34)C2)c2ccccc21. The molecular weight excluding hydrogens is 388 g/mol. The van der Waals surface area contributed by atoms with Gasteiger partial charge in [-0.05, 0) is 31.0 Å². The molecule has 5 nitrogen and oxygen atoms in total. The summed E-state index contributed by atoms with van der Waals surface area (Å²) >= 11 is 0. The molecule has 5 heteroatoms. The second-order valence-electron chi connectivity index (χ2n) is 8.28. The highest BCUT2D eigenvalue weighted by atomic mass is 16.6. The maximum Gasteiger partial charge on any atom is 0.339 e. The van der Waals surface area contributed by atoms with Crippen molar-refractivity contribution in [3.63, 3.8) is 0 Å². The summed E-state index contributed by atoms with van der Waals surface area (Å²) in [5.74, 6) is -0.348. The average Bonchev–Trinajstić information content (AvgIpc) is 3.08. The van der Waals surface area contributed by atoms with Crippen LogP contribution in [0.25, 0.3) is 21.8 Å². The Hall–Kier alpha value is -3.73. The third kappa shape index (κ3) is 2.66. The van der Waals surface area contributed by atoms with Gasteiger partial charge in [0.15, 0.2) is 5.60 Å². The molecule has 0 bridgehead atoms. The van der Waals surface area contributed by atoms with E-state index in [1.165, 1.54) is 0 Å². The molecule has 3 aromatic carbocycles. The first-order chi connectivity index (χ1) is 15.2. The molecule has 31 heavy (non-hydrogen) atoms. The zero-order valence-corrected chi connectivity index (χ0v) is 16.9. The van der Waals surface area contributed by atoms with Crippen LogP contribution in [-0.4, -0.2) is 34.8 Å². The number of piperidine rings is 1.